The lowest BCUT2D eigenvalue weighted by atomic mass is 10.0. The van der Waals surface area contributed by atoms with Crippen molar-refractivity contribution in [3.05, 3.63) is 6.07 Å². The lowest BCUT2D eigenvalue weighted by molar-refractivity contribution is -0.138. The van der Waals surface area contributed by atoms with Crippen LogP contribution in [0.15, 0.2) is 6.07 Å². The Balaban J connectivity index is 2.67. The Bertz CT molecular complexity index is 403. The van der Waals surface area contributed by atoms with Gasteiger partial charge in [0, 0.05) is 13.0 Å². The van der Waals surface area contributed by atoms with Crippen LogP contribution >= 0.6 is 0 Å². The van der Waals surface area contributed by atoms with Gasteiger partial charge in [-0.15, -0.1) is 0 Å². The number of carboxylic acids is 1. The molecule has 106 valence electrons. The van der Waals surface area contributed by atoms with Gasteiger partial charge < -0.3 is 19.9 Å². The highest BCUT2D eigenvalue weighted by molar-refractivity contribution is 5.67. The standard InChI is InChI=1S/C12H19N3O4/c1-4-8(5-11(16)17)7-13-12-14-9(18-2)6-10(15-12)19-3/h6,8H,4-5,7H2,1-3H3,(H,16,17)(H,13,14,15). The number of methoxy groups -OCH3 is 2. The first kappa shape index (κ1) is 15.0. The van der Waals surface area contributed by atoms with E-state index < -0.39 is 5.97 Å². The summed E-state index contributed by atoms with van der Waals surface area (Å²) < 4.78 is 10.1. The number of carboxylic acid groups (broad SMARTS) is 1. The van der Waals surface area contributed by atoms with Crippen molar-refractivity contribution in [3.8, 4) is 11.8 Å². The quantitative estimate of drug-likeness (QED) is 0.736. The number of hydrogen-bond acceptors (Lipinski definition) is 6. The highest BCUT2D eigenvalue weighted by atomic mass is 16.5. The summed E-state index contributed by atoms with van der Waals surface area (Å²) in [7, 11) is 3.01. The zero-order chi connectivity index (χ0) is 14.3. The zero-order valence-electron chi connectivity index (χ0n) is 11.3. The molecule has 0 amide bonds. The van der Waals surface area contributed by atoms with Gasteiger partial charge in [-0.2, -0.15) is 9.97 Å². The number of aromatic nitrogens is 2. The number of anilines is 1. The fraction of sp³-hybridized carbons (Fsp3) is 0.583. The molecule has 1 unspecified atom stereocenters. The molecular formula is C12H19N3O4. The maximum Gasteiger partial charge on any atom is 0.303 e. The van der Waals surface area contributed by atoms with Crippen LogP contribution in [0.3, 0.4) is 0 Å². The number of ether oxygens (including phenoxy) is 2. The van der Waals surface area contributed by atoms with Crippen LogP contribution in [-0.4, -0.2) is 41.8 Å². The van der Waals surface area contributed by atoms with E-state index in [2.05, 4.69) is 15.3 Å². The van der Waals surface area contributed by atoms with Crippen LogP contribution in [-0.2, 0) is 4.79 Å². The molecule has 19 heavy (non-hydrogen) atoms. The molecule has 0 aliphatic carbocycles. The summed E-state index contributed by atoms with van der Waals surface area (Å²) in [6, 6.07) is 1.57. The maximum absolute atomic E-state index is 10.7. The molecule has 1 heterocycles. The maximum atomic E-state index is 10.7. The van der Waals surface area contributed by atoms with E-state index in [4.69, 9.17) is 14.6 Å². The van der Waals surface area contributed by atoms with Gasteiger partial charge in [0.25, 0.3) is 0 Å². The second-order valence-corrected chi connectivity index (χ2v) is 4.03. The highest BCUT2D eigenvalue weighted by Crippen LogP contribution is 2.18. The lowest BCUT2D eigenvalue weighted by Crippen LogP contribution is -2.18. The fourth-order valence-corrected chi connectivity index (χ4v) is 1.54. The second-order valence-electron chi connectivity index (χ2n) is 4.03. The van der Waals surface area contributed by atoms with E-state index in [0.29, 0.717) is 24.3 Å². The summed E-state index contributed by atoms with van der Waals surface area (Å²) >= 11 is 0. The molecule has 2 N–H and O–H groups in total. The van der Waals surface area contributed by atoms with Crippen molar-refractivity contribution >= 4 is 11.9 Å². The van der Waals surface area contributed by atoms with Crippen LogP contribution in [0.5, 0.6) is 11.8 Å². The first-order valence-electron chi connectivity index (χ1n) is 6.01. The third-order valence-electron chi connectivity index (χ3n) is 2.69. The third kappa shape index (κ3) is 4.99. The molecule has 0 saturated heterocycles. The molecular weight excluding hydrogens is 250 g/mol. The van der Waals surface area contributed by atoms with Gasteiger partial charge in [-0.25, -0.2) is 0 Å². The van der Waals surface area contributed by atoms with Gasteiger partial charge in [0.1, 0.15) is 0 Å². The summed E-state index contributed by atoms with van der Waals surface area (Å²) in [5.41, 5.74) is 0. The van der Waals surface area contributed by atoms with E-state index in [9.17, 15) is 4.79 Å². The smallest absolute Gasteiger partial charge is 0.303 e. The van der Waals surface area contributed by atoms with E-state index in [1.807, 2.05) is 6.92 Å². The molecule has 0 aliphatic rings. The number of carbonyl (C=O) groups is 1. The van der Waals surface area contributed by atoms with Crippen molar-refractivity contribution in [1.29, 1.82) is 0 Å². The molecule has 1 rings (SSSR count). The molecule has 1 aromatic rings. The Morgan fingerprint density at radius 1 is 1.37 bits per heavy atom. The van der Waals surface area contributed by atoms with Crippen LogP contribution in [0.4, 0.5) is 5.95 Å². The predicted molar refractivity (Wildman–Crippen MR) is 69.7 cm³/mol. The summed E-state index contributed by atoms with van der Waals surface area (Å²) in [6.07, 6.45) is 0.880. The summed E-state index contributed by atoms with van der Waals surface area (Å²) in [5.74, 6) is 0.359. The summed E-state index contributed by atoms with van der Waals surface area (Å²) in [6.45, 7) is 2.43. The van der Waals surface area contributed by atoms with Gasteiger partial charge in [0.05, 0.1) is 20.3 Å². The van der Waals surface area contributed by atoms with Crippen molar-refractivity contribution in [2.24, 2.45) is 5.92 Å². The summed E-state index contributed by atoms with van der Waals surface area (Å²) in [4.78, 5) is 18.9. The van der Waals surface area contributed by atoms with Crippen LogP contribution in [0.2, 0.25) is 0 Å². The molecule has 0 aromatic carbocycles. The van der Waals surface area contributed by atoms with Gasteiger partial charge in [-0.3, -0.25) is 4.79 Å². The molecule has 1 atom stereocenters. The zero-order valence-corrected chi connectivity index (χ0v) is 11.3. The largest absolute Gasteiger partial charge is 0.481 e. The minimum Gasteiger partial charge on any atom is -0.481 e. The number of nitrogens with one attached hydrogen (secondary N) is 1. The molecule has 0 saturated carbocycles. The second kappa shape index (κ2) is 7.40. The van der Waals surface area contributed by atoms with E-state index >= 15 is 0 Å². The molecule has 0 fully saturated rings. The number of hydrogen-bond donors (Lipinski definition) is 2. The number of nitrogens with zero attached hydrogens (tertiary/aromatic N) is 2. The van der Waals surface area contributed by atoms with Gasteiger partial charge in [-0.05, 0) is 5.92 Å². The van der Waals surface area contributed by atoms with Gasteiger partial charge in [0.2, 0.25) is 17.7 Å². The number of aliphatic carboxylic acids is 1. The Kier molecular flexibility index (Phi) is 5.84. The Morgan fingerprint density at radius 3 is 2.37 bits per heavy atom. The monoisotopic (exact) mass is 269 g/mol. The highest BCUT2D eigenvalue weighted by Gasteiger charge is 2.12. The Hall–Kier alpha value is -2.05. The molecule has 0 radical (unpaired) electrons. The van der Waals surface area contributed by atoms with E-state index in [1.54, 1.807) is 6.07 Å². The first-order valence-corrected chi connectivity index (χ1v) is 6.01. The van der Waals surface area contributed by atoms with Crippen molar-refractivity contribution in [2.45, 2.75) is 19.8 Å². The van der Waals surface area contributed by atoms with Crippen LogP contribution < -0.4 is 14.8 Å². The SMILES string of the molecule is CCC(CNc1nc(OC)cc(OC)n1)CC(=O)O. The number of rotatable bonds is 8. The third-order valence-corrected chi connectivity index (χ3v) is 2.69. The van der Waals surface area contributed by atoms with Crippen molar-refractivity contribution < 1.29 is 19.4 Å². The van der Waals surface area contributed by atoms with E-state index in [1.165, 1.54) is 14.2 Å². The van der Waals surface area contributed by atoms with Crippen LogP contribution in [0.25, 0.3) is 0 Å². The van der Waals surface area contributed by atoms with Gasteiger partial charge in [-0.1, -0.05) is 13.3 Å². The average molecular weight is 269 g/mol. The van der Waals surface area contributed by atoms with Crippen molar-refractivity contribution in [2.75, 3.05) is 26.1 Å². The topological polar surface area (TPSA) is 93.6 Å². The average Bonchev–Trinajstić information content (AvgIpc) is 2.42. The summed E-state index contributed by atoms with van der Waals surface area (Å²) in [5, 5.41) is 11.8. The van der Waals surface area contributed by atoms with Crippen LogP contribution in [0, 0.1) is 5.92 Å². The Morgan fingerprint density at radius 2 is 1.95 bits per heavy atom. The predicted octanol–water partition coefficient (Wildman–Crippen LogP) is 1.41. The van der Waals surface area contributed by atoms with E-state index in [-0.39, 0.29) is 12.3 Å². The Labute approximate surface area is 112 Å². The molecule has 0 aliphatic heterocycles. The normalized spacial score (nSPS) is 11.7. The molecule has 7 heteroatoms. The van der Waals surface area contributed by atoms with E-state index in [0.717, 1.165) is 6.42 Å². The lowest BCUT2D eigenvalue weighted by Gasteiger charge is -2.14. The van der Waals surface area contributed by atoms with Crippen LogP contribution in [0.1, 0.15) is 19.8 Å². The minimum absolute atomic E-state index is 0.0262. The van der Waals surface area contributed by atoms with Gasteiger partial charge >= 0.3 is 5.97 Å². The molecule has 1 aromatic heterocycles. The molecule has 0 bridgehead atoms. The van der Waals surface area contributed by atoms with Crippen molar-refractivity contribution in [3.63, 3.8) is 0 Å². The molecule has 7 nitrogen and oxygen atoms in total. The molecule has 0 spiro atoms. The fourth-order valence-electron chi connectivity index (χ4n) is 1.54. The minimum atomic E-state index is -0.808. The van der Waals surface area contributed by atoms with Crippen molar-refractivity contribution in [1.82, 2.24) is 9.97 Å². The van der Waals surface area contributed by atoms with Gasteiger partial charge in [0.15, 0.2) is 0 Å². The first-order chi connectivity index (χ1) is 9.08.